The third-order valence-electron chi connectivity index (χ3n) is 2.09. The van der Waals surface area contributed by atoms with Gasteiger partial charge in [-0.15, -0.1) is 11.3 Å². The van der Waals surface area contributed by atoms with Crippen LogP contribution in [0.4, 0.5) is 0 Å². The molecule has 0 saturated carbocycles. The van der Waals surface area contributed by atoms with Gasteiger partial charge < -0.3 is 0 Å². The Morgan fingerprint density at radius 3 is 3.07 bits per heavy atom. The molecular formula is C8H6ClN3S2. The van der Waals surface area contributed by atoms with Crippen molar-refractivity contribution in [3.05, 3.63) is 28.0 Å². The van der Waals surface area contributed by atoms with E-state index >= 15 is 0 Å². The number of rotatable bonds is 1. The Morgan fingerprint density at radius 1 is 1.43 bits per heavy atom. The summed E-state index contributed by atoms with van der Waals surface area (Å²) in [6, 6.07) is 0. The second-order valence-corrected chi connectivity index (χ2v) is 5.15. The van der Waals surface area contributed by atoms with E-state index in [4.69, 9.17) is 11.6 Å². The van der Waals surface area contributed by atoms with Crippen molar-refractivity contribution in [1.29, 1.82) is 0 Å². The lowest BCUT2D eigenvalue weighted by molar-refractivity contribution is 0.851. The Bertz CT molecular complexity index is 463. The van der Waals surface area contributed by atoms with Crippen LogP contribution in [0.1, 0.15) is 11.3 Å². The number of aromatic nitrogens is 3. The molecule has 0 radical (unpaired) electrons. The predicted molar refractivity (Wildman–Crippen MR) is 59.2 cm³/mol. The van der Waals surface area contributed by atoms with Crippen LogP contribution in [0.15, 0.2) is 11.6 Å². The average Bonchev–Trinajstić information content (AvgIpc) is 2.84. The molecule has 0 spiro atoms. The number of halogens is 1. The molecule has 2 aromatic heterocycles. The highest BCUT2D eigenvalue weighted by Gasteiger charge is 2.22. The molecule has 0 bridgehead atoms. The van der Waals surface area contributed by atoms with Gasteiger partial charge in [0.25, 0.3) is 0 Å². The van der Waals surface area contributed by atoms with Crippen LogP contribution in [-0.4, -0.2) is 14.8 Å². The van der Waals surface area contributed by atoms with Gasteiger partial charge in [-0.25, -0.2) is 4.98 Å². The molecule has 0 fully saturated rings. The van der Waals surface area contributed by atoms with Gasteiger partial charge in [-0.1, -0.05) is 11.6 Å². The van der Waals surface area contributed by atoms with Gasteiger partial charge in [-0.3, -0.25) is 0 Å². The number of hydrogen-bond acceptors (Lipinski definition) is 4. The van der Waals surface area contributed by atoms with Crippen LogP contribution in [0.5, 0.6) is 0 Å². The van der Waals surface area contributed by atoms with Crippen LogP contribution in [0, 0.1) is 0 Å². The smallest absolute Gasteiger partial charge is 0.211 e. The summed E-state index contributed by atoms with van der Waals surface area (Å²) < 4.78 is 1.73. The minimum atomic E-state index is 0.722. The molecule has 3 rings (SSSR count). The maximum atomic E-state index is 6.21. The fourth-order valence-electron chi connectivity index (χ4n) is 1.43. The summed E-state index contributed by atoms with van der Waals surface area (Å²) in [6.45, 7) is 0. The van der Waals surface area contributed by atoms with Crippen LogP contribution in [0.3, 0.4) is 0 Å². The monoisotopic (exact) mass is 243 g/mol. The summed E-state index contributed by atoms with van der Waals surface area (Å²) in [7, 11) is 0. The zero-order chi connectivity index (χ0) is 9.54. The molecule has 0 amide bonds. The third kappa shape index (κ3) is 1.20. The fourth-order valence-corrected chi connectivity index (χ4v) is 3.48. The maximum absolute atomic E-state index is 6.21. The molecule has 0 aliphatic carbocycles. The van der Waals surface area contributed by atoms with E-state index in [9.17, 15) is 0 Å². The lowest BCUT2D eigenvalue weighted by Crippen LogP contribution is -1.96. The van der Waals surface area contributed by atoms with Crippen LogP contribution >= 0.6 is 34.7 Å². The Hall–Kier alpha value is -0.520. The van der Waals surface area contributed by atoms with Gasteiger partial charge in [0.2, 0.25) is 5.13 Å². The molecule has 72 valence electrons. The molecule has 6 heteroatoms. The highest BCUT2D eigenvalue weighted by Crippen LogP contribution is 2.35. The number of nitrogens with zero attached hydrogens (tertiary/aromatic N) is 3. The molecular weight excluding hydrogens is 238 g/mol. The van der Waals surface area contributed by atoms with Crippen molar-refractivity contribution < 1.29 is 0 Å². The first-order valence-corrected chi connectivity index (χ1v) is 6.51. The zero-order valence-electron chi connectivity index (χ0n) is 7.11. The van der Waals surface area contributed by atoms with Gasteiger partial charge in [0.1, 0.15) is 5.15 Å². The molecule has 0 N–H and O–H groups in total. The molecule has 2 aromatic rings. The molecule has 1 aliphatic heterocycles. The van der Waals surface area contributed by atoms with Crippen molar-refractivity contribution >= 4 is 34.7 Å². The van der Waals surface area contributed by atoms with Crippen LogP contribution in [0.2, 0.25) is 5.15 Å². The molecule has 0 aromatic carbocycles. The van der Waals surface area contributed by atoms with Crippen molar-refractivity contribution in [2.45, 2.75) is 11.5 Å². The Morgan fingerprint density at radius 2 is 2.36 bits per heavy atom. The Balaban J connectivity index is 2.17. The minimum absolute atomic E-state index is 0.722. The largest absolute Gasteiger partial charge is 0.227 e. The summed E-state index contributed by atoms with van der Waals surface area (Å²) in [5, 5.41) is 7.93. The average molecular weight is 244 g/mol. The summed E-state index contributed by atoms with van der Waals surface area (Å²) in [6.07, 6.45) is 1.76. The second kappa shape index (κ2) is 3.25. The Kier molecular flexibility index (Phi) is 2.04. The molecule has 0 atom stereocenters. The highest BCUT2D eigenvalue weighted by atomic mass is 35.5. The second-order valence-electron chi connectivity index (χ2n) is 2.94. The Labute approximate surface area is 94.1 Å². The van der Waals surface area contributed by atoms with Crippen LogP contribution in [-0.2, 0) is 11.5 Å². The third-order valence-corrected chi connectivity index (χ3v) is 4.20. The standard InChI is InChI=1S/C8H6ClN3S2/c9-7-5-3-13-4-6(5)11-12(7)8-10-1-2-14-8/h1-2H,3-4H2. The molecule has 0 unspecified atom stereocenters. The molecule has 14 heavy (non-hydrogen) atoms. The topological polar surface area (TPSA) is 30.7 Å². The van der Waals surface area contributed by atoms with E-state index < -0.39 is 0 Å². The SMILES string of the molecule is Clc1c2c(nn1-c1nccs1)CSC2. The van der Waals surface area contributed by atoms with Crippen molar-refractivity contribution in [1.82, 2.24) is 14.8 Å². The first kappa shape index (κ1) is 8.76. The van der Waals surface area contributed by atoms with Crippen LogP contribution < -0.4 is 0 Å². The van der Waals surface area contributed by atoms with E-state index in [1.54, 1.807) is 22.2 Å². The van der Waals surface area contributed by atoms with Crippen molar-refractivity contribution in [2.24, 2.45) is 0 Å². The van der Waals surface area contributed by atoms with Crippen molar-refractivity contribution in [2.75, 3.05) is 0 Å². The van der Waals surface area contributed by atoms with Crippen molar-refractivity contribution in [3.63, 3.8) is 0 Å². The summed E-state index contributed by atoms with van der Waals surface area (Å²) in [5.74, 6) is 1.94. The molecule has 1 aliphatic rings. The van der Waals surface area contributed by atoms with Crippen LogP contribution in [0.25, 0.3) is 5.13 Å². The summed E-state index contributed by atoms with van der Waals surface area (Å²) >= 11 is 9.61. The van der Waals surface area contributed by atoms with E-state index in [0.29, 0.717) is 0 Å². The van der Waals surface area contributed by atoms with Gasteiger partial charge >= 0.3 is 0 Å². The van der Waals surface area contributed by atoms with E-state index in [-0.39, 0.29) is 0 Å². The number of thiazole rings is 1. The summed E-state index contributed by atoms with van der Waals surface area (Å²) in [4.78, 5) is 4.19. The predicted octanol–water partition coefficient (Wildman–Crippen LogP) is 2.73. The number of thioether (sulfide) groups is 1. The number of fused-ring (bicyclic) bond motifs is 1. The van der Waals surface area contributed by atoms with Crippen molar-refractivity contribution in [3.8, 4) is 5.13 Å². The van der Waals surface area contributed by atoms with Gasteiger partial charge in [0, 0.05) is 28.6 Å². The van der Waals surface area contributed by atoms with Gasteiger partial charge in [0.15, 0.2) is 0 Å². The summed E-state index contributed by atoms with van der Waals surface area (Å²) in [5.41, 5.74) is 2.28. The minimum Gasteiger partial charge on any atom is -0.227 e. The maximum Gasteiger partial charge on any atom is 0.211 e. The van der Waals surface area contributed by atoms with Gasteiger partial charge in [-0.2, -0.15) is 21.5 Å². The molecule has 0 saturated heterocycles. The normalized spacial score (nSPS) is 14.6. The quantitative estimate of drug-likeness (QED) is 0.772. The van der Waals surface area contributed by atoms with Gasteiger partial charge in [-0.05, 0) is 0 Å². The van der Waals surface area contributed by atoms with E-state index in [1.807, 2.05) is 17.1 Å². The molecule has 3 heterocycles. The zero-order valence-corrected chi connectivity index (χ0v) is 9.49. The lowest BCUT2D eigenvalue weighted by atomic mass is 10.3. The van der Waals surface area contributed by atoms with E-state index in [0.717, 1.165) is 27.5 Å². The first-order valence-electron chi connectivity index (χ1n) is 4.10. The van der Waals surface area contributed by atoms with E-state index in [1.165, 1.54) is 5.56 Å². The highest BCUT2D eigenvalue weighted by molar-refractivity contribution is 7.98. The fraction of sp³-hybridized carbons (Fsp3) is 0.250. The van der Waals surface area contributed by atoms with Gasteiger partial charge in [0.05, 0.1) is 5.69 Å². The first-order chi connectivity index (χ1) is 6.86. The number of hydrogen-bond donors (Lipinski definition) is 0. The lowest BCUT2D eigenvalue weighted by Gasteiger charge is -1.97. The molecule has 3 nitrogen and oxygen atoms in total. The van der Waals surface area contributed by atoms with E-state index in [2.05, 4.69) is 10.1 Å².